The number of hydrogen-bond acceptors (Lipinski definition) is 4. The first-order valence-corrected chi connectivity index (χ1v) is 7.90. The summed E-state index contributed by atoms with van der Waals surface area (Å²) in [6.45, 7) is 0.0497. The number of pyridine rings is 1. The van der Waals surface area contributed by atoms with Crippen molar-refractivity contribution >= 4 is 47.4 Å². The summed E-state index contributed by atoms with van der Waals surface area (Å²) in [5.74, 6) is 0.136. The minimum Gasteiger partial charge on any atom is -0.295 e. The van der Waals surface area contributed by atoms with E-state index in [1.807, 2.05) is 0 Å². The number of nitrogens with zero attached hydrogens (tertiary/aromatic N) is 2. The Morgan fingerprint density at radius 2 is 2.24 bits per heavy atom. The summed E-state index contributed by atoms with van der Waals surface area (Å²) in [6, 6.07) is 3.38. The number of carbonyl (C=O) groups excluding carboxylic acids is 1. The van der Waals surface area contributed by atoms with Crippen LogP contribution in [-0.4, -0.2) is 31.1 Å². The zero-order valence-electron chi connectivity index (χ0n) is 8.51. The number of hydrogen-bond donors (Lipinski definition) is 0. The molecule has 0 aromatic carbocycles. The number of carbonyl (C=O) groups is 1. The zero-order valence-corrected chi connectivity index (χ0v) is 11.7. The first kappa shape index (κ1) is 12.8. The van der Waals surface area contributed by atoms with Gasteiger partial charge < -0.3 is 0 Å². The van der Waals surface area contributed by atoms with E-state index in [0.29, 0.717) is 5.82 Å². The predicted molar refractivity (Wildman–Crippen MR) is 67.5 cm³/mol. The predicted octanol–water partition coefficient (Wildman–Crippen LogP) is 1.52. The van der Waals surface area contributed by atoms with E-state index in [-0.39, 0.29) is 18.9 Å². The molecule has 0 radical (unpaired) electrons. The third-order valence-electron chi connectivity index (χ3n) is 2.47. The zero-order chi connectivity index (χ0) is 12.6. The standard InChI is InChI=1S/C9H8BrClN2O3S/c10-6-1-2-12-8(3-6)13-5-7(4-9(13)14)17(11,15)16/h1-3,7H,4-5H2. The van der Waals surface area contributed by atoms with Gasteiger partial charge in [0.1, 0.15) is 11.1 Å². The van der Waals surface area contributed by atoms with Crippen molar-refractivity contribution in [2.45, 2.75) is 11.7 Å². The molecule has 1 aliphatic rings. The summed E-state index contributed by atoms with van der Waals surface area (Å²) in [6.07, 6.45) is 1.44. The minimum absolute atomic E-state index is 0.0497. The van der Waals surface area contributed by atoms with E-state index in [1.54, 1.807) is 12.1 Å². The second kappa shape index (κ2) is 4.55. The van der Waals surface area contributed by atoms with Gasteiger partial charge in [-0.25, -0.2) is 13.4 Å². The Morgan fingerprint density at radius 3 is 2.76 bits per heavy atom. The molecule has 1 fully saturated rings. The van der Waals surface area contributed by atoms with E-state index >= 15 is 0 Å². The first-order valence-electron chi connectivity index (χ1n) is 4.73. The second-order valence-corrected chi connectivity index (χ2v) is 7.46. The quantitative estimate of drug-likeness (QED) is 0.766. The van der Waals surface area contributed by atoms with Crippen LogP contribution in [0, 0.1) is 0 Å². The molecule has 1 amide bonds. The van der Waals surface area contributed by atoms with Crippen molar-refractivity contribution in [3.63, 3.8) is 0 Å². The van der Waals surface area contributed by atoms with E-state index in [4.69, 9.17) is 10.7 Å². The maximum absolute atomic E-state index is 11.7. The van der Waals surface area contributed by atoms with Gasteiger partial charge in [0.25, 0.3) is 0 Å². The fraction of sp³-hybridized carbons (Fsp3) is 0.333. The van der Waals surface area contributed by atoms with Crippen LogP contribution in [0.25, 0.3) is 0 Å². The number of halogens is 2. The highest BCUT2D eigenvalue weighted by Gasteiger charge is 2.38. The van der Waals surface area contributed by atoms with Crippen molar-refractivity contribution in [1.82, 2.24) is 4.98 Å². The van der Waals surface area contributed by atoms with Gasteiger partial charge in [0.2, 0.25) is 15.0 Å². The van der Waals surface area contributed by atoms with Crippen LogP contribution < -0.4 is 4.90 Å². The molecule has 2 heterocycles. The van der Waals surface area contributed by atoms with Gasteiger partial charge >= 0.3 is 0 Å². The largest absolute Gasteiger partial charge is 0.295 e. The molecule has 1 aliphatic heterocycles. The van der Waals surface area contributed by atoms with Gasteiger partial charge in [-0.3, -0.25) is 9.69 Å². The lowest BCUT2D eigenvalue weighted by molar-refractivity contribution is -0.117. The van der Waals surface area contributed by atoms with Crippen molar-refractivity contribution in [1.29, 1.82) is 0 Å². The van der Waals surface area contributed by atoms with E-state index < -0.39 is 14.3 Å². The normalized spacial score (nSPS) is 20.9. The molecule has 1 unspecified atom stereocenters. The highest BCUT2D eigenvalue weighted by atomic mass is 79.9. The number of aromatic nitrogens is 1. The van der Waals surface area contributed by atoms with E-state index in [9.17, 15) is 13.2 Å². The summed E-state index contributed by atoms with van der Waals surface area (Å²) in [5, 5.41) is -0.863. The van der Waals surface area contributed by atoms with Gasteiger partial charge in [0.15, 0.2) is 0 Å². The smallest absolute Gasteiger partial charge is 0.237 e. The molecular formula is C9H8BrClN2O3S. The second-order valence-electron chi connectivity index (χ2n) is 3.64. The van der Waals surface area contributed by atoms with E-state index in [0.717, 1.165) is 4.47 Å². The Bertz CT molecular complexity index is 563. The van der Waals surface area contributed by atoms with Crippen molar-refractivity contribution < 1.29 is 13.2 Å². The van der Waals surface area contributed by atoms with Gasteiger partial charge in [-0.2, -0.15) is 0 Å². The number of rotatable bonds is 2. The topological polar surface area (TPSA) is 67.3 Å². The molecular weight excluding hydrogens is 332 g/mol. The van der Waals surface area contributed by atoms with Crippen molar-refractivity contribution in [2.24, 2.45) is 0 Å². The van der Waals surface area contributed by atoms with Crippen LogP contribution in [0.5, 0.6) is 0 Å². The van der Waals surface area contributed by atoms with Gasteiger partial charge in [-0.1, -0.05) is 15.9 Å². The monoisotopic (exact) mass is 338 g/mol. The summed E-state index contributed by atoms with van der Waals surface area (Å²) >= 11 is 3.26. The minimum atomic E-state index is -3.72. The molecule has 17 heavy (non-hydrogen) atoms. The number of anilines is 1. The molecule has 2 rings (SSSR count). The van der Waals surface area contributed by atoms with Crippen LogP contribution in [0.4, 0.5) is 5.82 Å². The summed E-state index contributed by atoms with van der Waals surface area (Å²) in [5.41, 5.74) is 0. The summed E-state index contributed by atoms with van der Waals surface area (Å²) in [4.78, 5) is 17.0. The molecule has 0 spiro atoms. The van der Waals surface area contributed by atoms with Crippen LogP contribution in [0.2, 0.25) is 0 Å². The third kappa shape index (κ3) is 2.78. The fourth-order valence-electron chi connectivity index (χ4n) is 1.63. The maximum Gasteiger partial charge on any atom is 0.237 e. The van der Waals surface area contributed by atoms with Crippen LogP contribution in [-0.2, 0) is 13.8 Å². The molecule has 0 saturated carbocycles. The summed E-state index contributed by atoms with van der Waals surface area (Å²) in [7, 11) is 1.54. The molecule has 0 aliphatic carbocycles. The van der Waals surface area contributed by atoms with Crippen molar-refractivity contribution in [2.75, 3.05) is 11.4 Å². The average Bonchev–Trinajstić information content (AvgIpc) is 2.60. The average molecular weight is 340 g/mol. The van der Waals surface area contributed by atoms with Gasteiger partial charge in [0.05, 0.1) is 0 Å². The van der Waals surface area contributed by atoms with E-state index in [1.165, 1.54) is 11.1 Å². The molecule has 0 N–H and O–H groups in total. The van der Waals surface area contributed by atoms with Gasteiger partial charge in [-0.15, -0.1) is 0 Å². The Labute approximate surface area is 111 Å². The molecule has 0 bridgehead atoms. The Hall–Kier alpha value is -0.660. The van der Waals surface area contributed by atoms with Crippen LogP contribution in [0.15, 0.2) is 22.8 Å². The fourth-order valence-corrected chi connectivity index (χ4v) is 2.98. The Morgan fingerprint density at radius 1 is 1.53 bits per heavy atom. The Balaban J connectivity index is 2.28. The molecule has 92 valence electrons. The molecule has 1 saturated heterocycles. The third-order valence-corrected chi connectivity index (χ3v) is 4.83. The molecule has 8 heteroatoms. The maximum atomic E-state index is 11.7. The highest BCUT2D eigenvalue weighted by molar-refractivity contribution is 9.10. The molecule has 1 aromatic heterocycles. The number of amides is 1. The lowest BCUT2D eigenvalue weighted by Gasteiger charge is -2.14. The molecule has 5 nitrogen and oxygen atoms in total. The SMILES string of the molecule is O=C1CC(S(=O)(=O)Cl)CN1c1cc(Br)ccn1. The highest BCUT2D eigenvalue weighted by Crippen LogP contribution is 2.26. The lowest BCUT2D eigenvalue weighted by Crippen LogP contribution is -2.27. The Kier molecular flexibility index (Phi) is 3.42. The van der Waals surface area contributed by atoms with Gasteiger partial charge in [-0.05, 0) is 12.1 Å². The van der Waals surface area contributed by atoms with Crippen LogP contribution in [0.3, 0.4) is 0 Å². The summed E-state index contributed by atoms with van der Waals surface area (Å²) < 4.78 is 23.1. The van der Waals surface area contributed by atoms with Gasteiger partial charge in [0, 0.05) is 34.3 Å². The first-order chi connectivity index (χ1) is 7.88. The van der Waals surface area contributed by atoms with Crippen LogP contribution in [0.1, 0.15) is 6.42 Å². The lowest BCUT2D eigenvalue weighted by atomic mass is 10.4. The van der Waals surface area contributed by atoms with Crippen LogP contribution >= 0.6 is 26.6 Å². The molecule has 1 aromatic rings. The van der Waals surface area contributed by atoms with Crippen molar-refractivity contribution in [3.05, 3.63) is 22.8 Å². The van der Waals surface area contributed by atoms with Crippen molar-refractivity contribution in [3.8, 4) is 0 Å². The molecule has 1 atom stereocenters. The van der Waals surface area contributed by atoms with E-state index in [2.05, 4.69) is 20.9 Å².